The van der Waals surface area contributed by atoms with Crippen LogP contribution in [0.25, 0.3) is 0 Å². The topological polar surface area (TPSA) is 68.2 Å². The van der Waals surface area contributed by atoms with Crippen molar-refractivity contribution in [2.24, 2.45) is 5.73 Å². The van der Waals surface area contributed by atoms with Crippen LogP contribution in [0.1, 0.15) is 38.9 Å². The summed E-state index contributed by atoms with van der Waals surface area (Å²) in [6.07, 6.45) is 0.987. The maximum atomic E-state index is 5.45. The fourth-order valence-electron chi connectivity index (χ4n) is 1.30. The predicted molar refractivity (Wildman–Crippen MR) is 63.0 cm³/mol. The minimum absolute atomic E-state index is 0.0823. The second-order valence-corrected chi connectivity index (χ2v) is 5.15. The molecule has 5 nitrogen and oxygen atoms in total. The van der Waals surface area contributed by atoms with Crippen LogP contribution in [0.15, 0.2) is 4.52 Å². The number of rotatable bonds is 5. The minimum atomic E-state index is -0.0823. The first-order valence-corrected chi connectivity index (χ1v) is 5.65. The van der Waals surface area contributed by atoms with Gasteiger partial charge in [0.05, 0.1) is 6.54 Å². The summed E-state index contributed by atoms with van der Waals surface area (Å²) in [6.45, 7) is 8.55. The van der Waals surface area contributed by atoms with Crippen molar-refractivity contribution in [3.8, 4) is 0 Å². The molecule has 0 saturated heterocycles. The van der Waals surface area contributed by atoms with E-state index in [1.54, 1.807) is 0 Å². The first-order valence-electron chi connectivity index (χ1n) is 5.65. The Hall–Kier alpha value is -0.940. The molecule has 0 aromatic carbocycles. The van der Waals surface area contributed by atoms with Gasteiger partial charge >= 0.3 is 0 Å². The van der Waals surface area contributed by atoms with Crippen LogP contribution in [0.3, 0.4) is 0 Å². The van der Waals surface area contributed by atoms with Gasteiger partial charge in [-0.3, -0.25) is 4.90 Å². The van der Waals surface area contributed by atoms with Gasteiger partial charge in [-0.05, 0) is 26.6 Å². The fourth-order valence-corrected chi connectivity index (χ4v) is 1.30. The smallest absolute Gasteiger partial charge is 0.232 e. The van der Waals surface area contributed by atoms with Gasteiger partial charge in [0.1, 0.15) is 0 Å². The summed E-state index contributed by atoms with van der Waals surface area (Å²) in [7, 11) is 2.03. The molecule has 16 heavy (non-hydrogen) atoms. The van der Waals surface area contributed by atoms with Crippen LogP contribution >= 0.6 is 0 Å². The summed E-state index contributed by atoms with van der Waals surface area (Å²) >= 11 is 0. The van der Waals surface area contributed by atoms with Crippen molar-refractivity contribution >= 4 is 0 Å². The molecular weight excluding hydrogens is 204 g/mol. The second kappa shape index (κ2) is 5.41. The van der Waals surface area contributed by atoms with Gasteiger partial charge < -0.3 is 10.3 Å². The summed E-state index contributed by atoms with van der Waals surface area (Å²) in [6, 6.07) is 0. The van der Waals surface area contributed by atoms with Crippen LogP contribution in [0.2, 0.25) is 0 Å². The normalized spacial score (nSPS) is 12.4. The Morgan fingerprint density at radius 3 is 2.56 bits per heavy atom. The molecule has 92 valence electrons. The van der Waals surface area contributed by atoms with Crippen molar-refractivity contribution in [2.45, 2.75) is 39.2 Å². The van der Waals surface area contributed by atoms with E-state index in [2.05, 4.69) is 35.8 Å². The Bertz CT molecular complexity index is 316. The molecule has 1 aromatic heterocycles. The van der Waals surface area contributed by atoms with Gasteiger partial charge in [0, 0.05) is 5.41 Å². The zero-order valence-electron chi connectivity index (χ0n) is 10.7. The van der Waals surface area contributed by atoms with Gasteiger partial charge in [0.2, 0.25) is 5.89 Å². The van der Waals surface area contributed by atoms with E-state index in [0.717, 1.165) is 18.8 Å². The molecule has 0 amide bonds. The lowest BCUT2D eigenvalue weighted by Crippen LogP contribution is -2.22. The van der Waals surface area contributed by atoms with Crippen LogP contribution in [0, 0.1) is 0 Å². The highest BCUT2D eigenvalue weighted by Gasteiger charge is 2.21. The average Bonchev–Trinajstić information content (AvgIpc) is 2.62. The molecule has 0 aliphatic carbocycles. The molecule has 0 unspecified atom stereocenters. The van der Waals surface area contributed by atoms with Crippen molar-refractivity contribution in [3.05, 3.63) is 11.7 Å². The van der Waals surface area contributed by atoms with Crippen LogP contribution in [0.5, 0.6) is 0 Å². The quantitative estimate of drug-likeness (QED) is 0.815. The van der Waals surface area contributed by atoms with Gasteiger partial charge in [0.15, 0.2) is 5.82 Å². The summed E-state index contributed by atoms with van der Waals surface area (Å²) in [5, 5.41) is 3.97. The van der Waals surface area contributed by atoms with Crippen molar-refractivity contribution < 1.29 is 4.52 Å². The average molecular weight is 226 g/mol. The second-order valence-electron chi connectivity index (χ2n) is 5.15. The van der Waals surface area contributed by atoms with E-state index in [1.165, 1.54) is 0 Å². The molecule has 0 aliphatic rings. The SMILES string of the molecule is CN(CCCN)Cc1noc(C(C)(C)C)n1. The standard InChI is InChI=1S/C11H22N4O/c1-11(2,3)10-13-9(14-16-10)8-15(4)7-5-6-12/h5-8,12H2,1-4H3. The van der Waals surface area contributed by atoms with Crippen molar-refractivity contribution in [1.82, 2.24) is 15.0 Å². The van der Waals surface area contributed by atoms with Crippen molar-refractivity contribution in [2.75, 3.05) is 20.1 Å². The molecule has 0 fully saturated rings. The maximum Gasteiger partial charge on any atom is 0.232 e. The maximum absolute atomic E-state index is 5.45. The van der Waals surface area contributed by atoms with E-state index in [4.69, 9.17) is 10.3 Å². The zero-order valence-corrected chi connectivity index (χ0v) is 10.7. The summed E-state index contributed by atoms with van der Waals surface area (Å²) in [4.78, 5) is 6.52. The lowest BCUT2D eigenvalue weighted by molar-refractivity contribution is 0.295. The van der Waals surface area contributed by atoms with Crippen molar-refractivity contribution in [1.29, 1.82) is 0 Å². The summed E-state index contributed by atoms with van der Waals surface area (Å²) in [5.41, 5.74) is 5.37. The highest BCUT2D eigenvalue weighted by Crippen LogP contribution is 2.19. The number of aromatic nitrogens is 2. The molecule has 0 radical (unpaired) electrons. The summed E-state index contributed by atoms with van der Waals surface area (Å²) in [5.74, 6) is 1.43. The number of nitrogens with zero attached hydrogens (tertiary/aromatic N) is 3. The Balaban J connectivity index is 2.52. The molecular formula is C11H22N4O. The number of hydrogen-bond acceptors (Lipinski definition) is 5. The molecule has 1 aromatic rings. The van der Waals surface area contributed by atoms with E-state index in [-0.39, 0.29) is 5.41 Å². The van der Waals surface area contributed by atoms with Crippen LogP contribution in [-0.2, 0) is 12.0 Å². The van der Waals surface area contributed by atoms with E-state index in [9.17, 15) is 0 Å². The molecule has 1 heterocycles. The Kier molecular flexibility index (Phi) is 4.44. The van der Waals surface area contributed by atoms with E-state index >= 15 is 0 Å². The highest BCUT2D eigenvalue weighted by molar-refractivity contribution is 4.98. The summed E-state index contributed by atoms with van der Waals surface area (Å²) < 4.78 is 5.22. The minimum Gasteiger partial charge on any atom is -0.339 e. The lowest BCUT2D eigenvalue weighted by atomic mass is 9.97. The molecule has 0 bridgehead atoms. The third-order valence-electron chi connectivity index (χ3n) is 2.26. The molecule has 2 N–H and O–H groups in total. The molecule has 0 saturated carbocycles. The number of nitrogens with two attached hydrogens (primary N) is 1. The molecule has 5 heteroatoms. The van der Waals surface area contributed by atoms with E-state index < -0.39 is 0 Å². The predicted octanol–water partition coefficient (Wildman–Crippen LogP) is 1.15. The number of hydrogen-bond donors (Lipinski definition) is 1. The fraction of sp³-hybridized carbons (Fsp3) is 0.818. The molecule has 1 rings (SSSR count). The Morgan fingerprint density at radius 1 is 1.38 bits per heavy atom. The van der Waals surface area contributed by atoms with Crippen LogP contribution in [0.4, 0.5) is 0 Å². The van der Waals surface area contributed by atoms with Gasteiger partial charge in [0.25, 0.3) is 0 Å². The van der Waals surface area contributed by atoms with Gasteiger partial charge in [-0.25, -0.2) is 0 Å². The van der Waals surface area contributed by atoms with E-state index in [1.807, 2.05) is 7.05 Å². The Morgan fingerprint density at radius 2 is 2.06 bits per heavy atom. The third-order valence-corrected chi connectivity index (χ3v) is 2.26. The monoisotopic (exact) mass is 226 g/mol. The first kappa shape index (κ1) is 13.1. The lowest BCUT2D eigenvalue weighted by Gasteiger charge is -2.13. The largest absolute Gasteiger partial charge is 0.339 e. The van der Waals surface area contributed by atoms with Gasteiger partial charge in [-0.15, -0.1) is 0 Å². The first-order chi connectivity index (χ1) is 7.43. The van der Waals surface area contributed by atoms with Crippen LogP contribution in [-0.4, -0.2) is 35.2 Å². The third kappa shape index (κ3) is 3.90. The Labute approximate surface area is 97.0 Å². The zero-order chi connectivity index (χ0) is 12.2. The van der Waals surface area contributed by atoms with E-state index in [0.29, 0.717) is 19.0 Å². The van der Waals surface area contributed by atoms with Gasteiger partial charge in [-0.2, -0.15) is 4.98 Å². The molecule has 0 atom stereocenters. The molecule has 0 spiro atoms. The molecule has 0 aliphatic heterocycles. The van der Waals surface area contributed by atoms with Crippen molar-refractivity contribution in [3.63, 3.8) is 0 Å². The highest BCUT2D eigenvalue weighted by atomic mass is 16.5. The van der Waals surface area contributed by atoms with Gasteiger partial charge in [-0.1, -0.05) is 25.9 Å². The van der Waals surface area contributed by atoms with Crippen LogP contribution < -0.4 is 5.73 Å².